The van der Waals surface area contributed by atoms with Gasteiger partial charge in [-0.1, -0.05) is 31.7 Å². The Morgan fingerprint density at radius 3 is 2.57 bits per heavy atom. The number of thioether (sulfide) groups is 1. The van der Waals surface area contributed by atoms with Crippen LogP contribution in [-0.4, -0.2) is 63.3 Å². The molecule has 0 bridgehead atoms. The zero-order valence-electron chi connectivity index (χ0n) is 23.9. The molecule has 1 aromatic rings. The number of ether oxygens (including phenoxy) is 2. The number of hydrogen-bond donors (Lipinski definition) is 1. The Morgan fingerprint density at radius 1 is 1.19 bits per heavy atom. The highest BCUT2D eigenvalue weighted by Gasteiger charge is 2.78. The number of carbonyl (C=O) groups is 4. The van der Waals surface area contributed by atoms with Crippen molar-refractivity contribution >= 4 is 34.6 Å². The summed E-state index contributed by atoms with van der Waals surface area (Å²) in [5, 5.41) is 10.3. The van der Waals surface area contributed by atoms with E-state index in [0.29, 0.717) is 12.0 Å². The van der Waals surface area contributed by atoms with Gasteiger partial charge in [0.1, 0.15) is 11.4 Å². The topological polar surface area (TPSA) is 120 Å². The van der Waals surface area contributed by atoms with Gasteiger partial charge in [-0.25, -0.2) is 13.6 Å². The third-order valence-electron chi connectivity index (χ3n) is 10.9. The Balaban J connectivity index is 1.47. The third kappa shape index (κ3) is 3.68. The molecule has 0 unspecified atom stereocenters. The summed E-state index contributed by atoms with van der Waals surface area (Å²) in [6.45, 7) is 6.74. The van der Waals surface area contributed by atoms with Crippen LogP contribution in [0.3, 0.4) is 0 Å². The first kappa shape index (κ1) is 29.3. The van der Waals surface area contributed by atoms with Crippen LogP contribution in [0.25, 0.3) is 0 Å². The van der Waals surface area contributed by atoms with Gasteiger partial charge in [-0.05, 0) is 62.8 Å². The molecule has 0 aromatic carbocycles. The summed E-state index contributed by atoms with van der Waals surface area (Å²) in [5.74, 6) is -4.40. The van der Waals surface area contributed by atoms with Crippen molar-refractivity contribution in [3.05, 3.63) is 47.5 Å². The van der Waals surface area contributed by atoms with Crippen LogP contribution >= 0.6 is 11.8 Å². The van der Waals surface area contributed by atoms with Gasteiger partial charge in [0.2, 0.25) is 10.9 Å². The molecule has 0 radical (unpaired) electrons. The normalized spacial score (nSPS) is 44.1. The van der Waals surface area contributed by atoms with E-state index < -0.39 is 80.2 Å². The molecule has 6 rings (SSSR count). The van der Waals surface area contributed by atoms with Crippen LogP contribution in [0.15, 0.2) is 40.5 Å². The fourth-order valence-electron chi connectivity index (χ4n) is 8.79. The lowest BCUT2D eigenvalue weighted by Crippen LogP contribution is -2.70. The lowest BCUT2D eigenvalue weighted by Gasteiger charge is -2.63. The standard InChI is InChI=1S/C31H34F2O8S/c1-15-6-9-39-24(15)26(37)41-31(27(38)42-22-7-10-40-25(22)36)16(2)11-18-19-13-21(32)20-12-17(34)5-8-28(20,3)30(19,33)23(35)14-29(18,31)4/h5-6,8-9,12,16,18-19,21-23,35H,7,10-11,13-14H2,1-4H3/t16-,18+,19+,21+,22+,23+,28+,29+,30+,31-/m1/s1. The second-order valence-electron chi connectivity index (χ2n) is 12.9. The van der Waals surface area contributed by atoms with Crippen LogP contribution in [0.1, 0.15) is 62.6 Å². The summed E-state index contributed by atoms with van der Waals surface area (Å²) in [5.41, 5.74) is -6.68. The fourth-order valence-corrected chi connectivity index (χ4v) is 10.1. The number of furan rings is 1. The summed E-state index contributed by atoms with van der Waals surface area (Å²) in [6, 6.07) is 1.58. The van der Waals surface area contributed by atoms with Crippen LogP contribution in [0.2, 0.25) is 0 Å². The van der Waals surface area contributed by atoms with Gasteiger partial charge >= 0.3 is 11.9 Å². The highest BCUT2D eigenvalue weighted by Crippen LogP contribution is 2.72. The van der Waals surface area contributed by atoms with Crippen LogP contribution in [0.4, 0.5) is 8.78 Å². The van der Waals surface area contributed by atoms with Crippen molar-refractivity contribution < 1.29 is 47.0 Å². The zero-order valence-corrected chi connectivity index (χ0v) is 24.7. The number of rotatable bonds is 4. The number of carbonyl (C=O) groups excluding carboxylic acids is 4. The number of aryl methyl sites for hydroxylation is 1. The average Bonchev–Trinajstić information content (AvgIpc) is 3.60. The number of halogens is 2. The molecule has 5 aliphatic rings. The number of alkyl halides is 2. The third-order valence-corrected chi connectivity index (χ3v) is 12.1. The minimum atomic E-state index is -2.36. The summed E-state index contributed by atoms with van der Waals surface area (Å²) >= 11 is 0.732. The number of esters is 2. The van der Waals surface area contributed by atoms with Gasteiger partial charge < -0.3 is 19.0 Å². The van der Waals surface area contributed by atoms with E-state index in [-0.39, 0.29) is 37.2 Å². The highest BCUT2D eigenvalue weighted by atomic mass is 32.2. The Bertz CT molecular complexity index is 1440. The number of aliphatic hydroxyl groups excluding tert-OH is 1. The van der Waals surface area contributed by atoms with Crippen molar-refractivity contribution in [2.75, 3.05) is 6.61 Å². The minimum absolute atomic E-state index is 0.000174. The first-order valence-electron chi connectivity index (χ1n) is 14.3. The maximum Gasteiger partial charge on any atom is 0.375 e. The lowest BCUT2D eigenvalue weighted by molar-refractivity contribution is -0.221. The quantitative estimate of drug-likeness (QED) is 0.491. The van der Waals surface area contributed by atoms with Gasteiger partial charge in [0.15, 0.2) is 17.1 Å². The smallest absolute Gasteiger partial charge is 0.375 e. The number of aliphatic hydroxyl groups is 1. The van der Waals surface area contributed by atoms with E-state index in [1.54, 1.807) is 26.8 Å². The van der Waals surface area contributed by atoms with Crippen molar-refractivity contribution in [1.29, 1.82) is 0 Å². The van der Waals surface area contributed by atoms with Gasteiger partial charge in [-0.3, -0.25) is 14.4 Å². The molecule has 10 atom stereocenters. The van der Waals surface area contributed by atoms with Gasteiger partial charge in [0.05, 0.1) is 19.0 Å². The molecular formula is C31H34F2O8S. The van der Waals surface area contributed by atoms with Crippen molar-refractivity contribution in [3.63, 3.8) is 0 Å². The largest absolute Gasteiger partial charge is 0.465 e. The molecule has 1 saturated heterocycles. The van der Waals surface area contributed by atoms with E-state index in [9.17, 15) is 24.3 Å². The van der Waals surface area contributed by atoms with Crippen molar-refractivity contribution in [2.45, 2.75) is 82.2 Å². The highest BCUT2D eigenvalue weighted by molar-refractivity contribution is 8.14. The van der Waals surface area contributed by atoms with E-state index in [2.05, 4.69) is 0 Å². The molecular weight excluding hydrogens is 570 g/mol. The van der Waals surface area contributed by atoms with Crippen molar-refractivity contribution in [2.24, 2.45) is 28.6 Å². The van der Waals surface area contributed by atoms with Crippen LogP contribution in [-0.2, 0) is 23.9 Å². The van der Waals surface area contributed by atoms with Gasteiger partial charge in [-0.2, -0.15) is 0 Å². The maximum absolute atomic E-state index is 17.6. The van der Waals surface area contributed by atoms with Crippen molar-refractivity contribution in [1.82, 2.24) is 0 Å². The first-order valence-corrected chi connectivity index (χ1v) is 15.2. The van der Waals surface area contributed by atoms with Gasteiger partial charge in [0, 0.05) is 34.7 Å². The second kappa shape index (κ2) is 9.61. The molecule has 1 aromatic heterocycles. The van der Waals surface area contributed by atoms with Crippen LogP contribution in [0.5, 0.6) is 0 Å². The van der Waals surface area contributed by atoms with Crippen molar-refractivity contribution in [3.8, 4) is 0 Å². The molecule has 4 aliphatic carbocycles. The van der Waals surface area contributed by atoms with Crippen LogP contribution < -0.4 is 0 Å². The summed E-state index contributed by atoms with van der Waals surface area (Å²) in [4.78, 5) is 52.5. The number of allylic oxidation sites excluding steroid dienone is 4. The molecule has 1 N–H and O–H groups in total. The minimum Gasteiger partial charge on any atom is -0.465 e. The number of ketones is 1. The molecule has 42 heavy (non-hydrogen) atoms. The molecule has 1 aliphatic heterocycles. The molecule has 4 fully saturated rings. The van der Waals surface area contributed by atoms with E-state index >= 15 is 8.78 Å². The van der Waals surface area contributed by atoms with Gasteiger partial charge in [-0.15, -0.1) is 0 Å². The predicted octanol–water partition coefficient (Wildman–Crippen LogP) is 4.62. The molecule has 226 valence electrons. The number of hydrogen-bond acceptors (Lipinski definition) is 9. The van der Waals surface area contributed by atoms with E-state index in [0.717, 1.165) is 17.8 Å². The van der Waals surface area contributed by atoms with E-state index in [1.165, 1.54) is 25.3 Å². The Kier molecular flexibility index (Phi) is 6.70. The molecule has 0 amide bonds. The number of fused-ring (bicyclic) bond motifs is 5. The molecule has 2 heterocycles. The zero-order chi connectivity index (χ0) is 30.4. The Morgan fingerprint density at radius 2 is 1.93 bits per heavy atom. The average molecular weight is 605 g/mol. The Labute approximate surface area is 246 Å². The van der Waals surface area contributed by atoms with E-state index in [4.69, 9.17) is 13.9 Å². The summed E-state index contributed by atoms with van der Waals surface area (Å²) in [6.07, 6.45) is 1.59. The summed E-state index contributed by atoms with van der Waals surface area (Å²) < 4.78 is 50.1. The molecule has 11 heteroatoms. The maximum atomic E-state index is 17.6. The molecule has 8 nitrogen and oxygen atoms in total. The Hall–Kier alpha value is -2.79. The molecule has 0 spiro atoms. The van der Waals surface area contributed by atoms with E-state index in [1.807, 2.05) is 0 Å². The SMILES string of the molecule is Cc1ccoc1C(=O)O[C@@]1(C(=O)S[C@H]2CCOC2=O)[C@H](C)C[C@H]2[C@@H]3C[C@H](F)C4=CC(=O)C=C[C@]4(C)[C@@]3(F)[C@@H](O)C[C@@]21C. The monoisotopic (exact) mass is 604 g/mol. The summed E-state index contributed by atoms with van der Waals surface area (Å²) in [7, 11) is 0. The first-order chi connectivity index (χ1) is 19.7. The van der Waals surface area contributed by atoms with Crippen LogP contribution in [0, 0.1) is 35.5 Å². The second-order valence-corrected chi connectivity index (χ2v) is 14.1. The van der Waals surface area contributed by atoms with Gasteiger partial charge in [0.25, 0.3) is 0 Å². The fraction of sp³-hybridized carbons (Fsp3) is 0.613. The molecule has 3 saturated carbocycles. The predicted molar refractivity (Wildman–Crippen MR) is 147 cm³/mol. The number of cyclic esters (lactones) is 1. The lowest BCUT2D eigenvalue weighted by atomic mass is 9.44.